The topological polar surface area (TPSA) is 0 Å². The molecular weight excluding hydrogens is 578 g/mol. The maximum absolute atomic E-state index is 2.43. The molecule has 1 aliphatic carbocycles. The number of hydrogen-bond donors (Lipinski definition) is 0. The van der Waals surface area contributed by atoms with Gasteiger partial charge in [0.1, 0.15) is 8.80 Å². The molecule has 0 heterocycles. The van der Waals surface area contributed by atoms with Crippen molar-refractivity contribution in [2.24, 2.45) is 0 Å². The molecule has 29 heavy (non-hydrogen) atoms. The molecule has 0 saturated heterocycles. The van der Waals surface area contributed by atoms with Crippen molar-refractivity contribution in [3.63, 3.8) is 0 Å². The van der Waals surface area contributed by atoms with Gasteiger partial charge in [-0.2, -0.15) is 0 Å². The largest absolute Gasteiger partial charge is 1.00 e. The molecule has 5 rings (SSSR count). The zero-order chi connectivity index (χ0) is 17.5. The quantitative estimate of drug-likeness (QED) is 0.217. The first-order valence-corrected chi connectivity index (χ1v) is 11.2. The van der Waals surface area contributed by atoms with Gasteiger partial charge in [-0.1, -0.05) is 107 Å². The number of allylic oxidation sites excluding steroid dienone is 4. The first-order valence-electron chi connectivity index (χ1n) is 9.19. The van der Waals surface area contributed by atoms with E-state index in [-0.39, 0.29) is 50.7 Å². The Bertz CT molecular complexity index is 1180. The molecule has 0 N–H and O–H groups in total. The van der Waals surface area contributed by atoms with Crippen LogP contribution >= 0.6 is 0 Å². The van der Waals surface area contributed by atoms with Crippen LogP contribution in [0.4, 0.5) is 0 Å². The molecule has 0 aromatic heterocycles. The smallest absolute Gasteiger partial charge is 0.109 e. The fourth-order valence-corrected chi connectivity index (χ4v) is 6.17. The Morgan fingerprint density at radius 1 is 0.828 bits per heavy atom. The maximum atomic E-state index is 2.43. The van der Waals surface area contributed by atoms with Gasteiger partial charge in [-0.05, 0) is 6.42 Å². The van der Waals surface area contributed by atoms with Crippen molar-refractivity contribution in [3.8, 4) is 0 Å². The molecule has 1 aliphatic rings. The van der Waals surface area contributed by atoms with Crippen LogP contribution in [0.1, 0.15) is 12.0 Å². The molecule has 0 atom stereocenters. The minimum atomic E-state index is -0.807. The summed E-state index contributed by atoms with van der Waals surface area (Å²) in [6.07, 6.45) is 7.81. The monoisotopic (exact) mass is 598 g/mol. The Balaban J connectivity index is 0.000001000. The second-order valence-electron chi connectivity index (χ2n) is 7.00. The summed E-state index contributed by atoms with van der Waals surface area (Å²) in [6, 6.07) is 26.9. The average molecular weight is 598 g/mol. The van der Waals surface area contributed by atoms with Crippen molar-refractivity contribution in [3.05, 3.63) is 96.6 Å². The molecule has 0 saturated carbocycles. The minimum absolute atomic E-state index is 0. The van der Waals surface area contributed by atoms with Crippen LogP contribution in [0, 0.1) is 0 Å². The molecule has 0 nitrogen and oxygen atoms in total. The van der Waals surface area contributed by atoms with Gasteiger partial charge in [0.15, 0.2) is 0 Å². The summed E-state index contributed by atoms with van der Waals surface area (Å²) in [5, 5.41) is 8.51. The Kier molecular flexibility index (Phi) is 8.36. The molecule has 0 amide bonds. The summed E-state index contributed by atoms with van der Waals surface area (Å²) in [5.74, 6) is 0. The summed E-state index contributed by atoms with van der Waals surface area (Å²) in [6.45, 7) is 2.43. The summed E-state index contributed by atoms with van der Waals surface area (Å²) in [5.41, 5.74) is 2.94. The van der Waals surface area contributed by atoms with E-state index >= 15 is 0 Å². The molecule has 0 unspecified atom stereocenters. The fraction of sp³-hybridized carbons (Fsp3) is 0.0800. The average Bonchev–Trinajstić information content (AvgIpc) is 3.35. The van der Waals surface area contributed by atoms with Gasteiger partial charge in [0.2, 0.25) is 0 Å². The van der Waals surface area contributed by atoms with Crippen molar-refractivity contribution in [2.75, 3.05) is 0 Å². The maximum Gasteiger partial charge on any atom is 0.109 e. The van der Waals surface area contributed by atoms with Gasteiger partial charge in [-0.3, -0.25) is 0 Å². The SMILES string of the molecule is C[Si](c1ccccc1)c1ccc2c([cH-]c3ccccc32)c1C1=CC=CC1.[Cl-].[Cl-].[Hf]. The summed E-state index contributed by atoms with van der Waals surface area (Å²) < 4.78 is 0. The van der Waals surface area contributed by atoms with Crippen molar-refractivity contribution >= 4 is 46.3 Å². The molecule has 0 spiro atoms. The van der Waals surface area contributed by atoms with E-state index in [0.29, 0.717) is 0 Å². The molecule has 4 aromatic carbocycles. The second kappa shape index (κ2) is 10.1. The van der Waals surface area contributed by atoms with Crippen LogP contribution < -0.4 is 35.2 Å². The van der Waals surface area contributed by atoms with Crippen LogP contribution in [-0.4, -0.2) is 8.80 Å². The predicted molar refractivity (Wildman–Crippen MR) is 116 cm³/mol. The van der Waals surface area contributed by atoms with Gasteiger partial charge in [0, 0.05) is 25.8 Å². The molecular formula is C25H20Cl2HfSi-3. The van der Waals surface area contributed by atoms with Gasteiger partial charge in [0.05, 0.1) is 0 Å². The third kappa shape index (κ3) is 4.27. The van der Waals surface area contributed by atoms with E-state index in [1.54, 1.807) is 0 Å². The zero-order valence-corrected chi connectivity index (χ0v) is 22.2. The number of hydrogen-bond acceptors (Lipinski definition) is 0. The van der Waals surface area contributed by atoms with E-state index in [0.717, 1.165) is 6.42 Å². The molecule has 0 fully saturated rings. The van der Waals surface area contributed by atoms with Crippen LogP contribution in [-0.2, 0) is 25.8 Å². The van der Waals surface area contributed by atoms with E-state index < -0.39 is 8.80 Å². The van der Waals surface area contributed by atoms with Crippen LogP contribution in [0.5, 0.6) is 0 Å². The van der Waals surface area contributed by atoms with E-state index in [2.05, 4.69) is 97.6 Å². The van der Waals surface area contributed by atoms with Gasteiger partial charge < -0.3 is 24.8 Å². The zero-order valence-electron chi connectivity index (χ0n) is 16.1. The van der Waals surface area contributed by atoms with Crippen LogP contribution in [0.3, 0.4) is 0 Å². The molecule has 4 heteroatoms. The van der Waals surface area contributed by atoms with Crippen molar-refractivity contribution in [1.29, 1.82) is 0 Å². The number of fused-ring (bicyclic) bond motifs is 3. The van der Waals surface area contributed by atoms with E-state index in [4.69, 9.17) is 0 Å². The molecule has 0 aliphatic heterocycles. The third-order valence-corrected chi connectivity index (χ3v) is 7.92. The van der Waals surface area contributed by atoms with Crippen molar-refractivity contribution in [1.82, 2.24) is 0 Å². The Morgan fingerprint density at radius 2 is 1.55 bits per heavy atom. The number of benzene rings is 3. The van der Waals surface area contributed by atoms with Gasteiger partial charge in [-0.15, -0.1) is 33.7 Å². The molecule has 145 valence electrons. The van der Waals surface area contributed by atoms with Gasteiger partial charge in [-0.25, -0.2) is 0 Å². The first kappa shape index (κ1) is 24.0. The summed E-state index contributed by atoms with van der Waals surface area (Å²) in [4.78, 5) is 0. The fourth-order valence-electron chi connectivity index (χ4n) is 4.16. The molecule has 4 aromatic rings. The number of rotatable bonds is 3. The molecule has 0 bridgehead atoms. The van der Waals surface area contributed by atoms with Crippen LogP contribution in [0.2, 0.25) is 6.55 Å². The first-order chi connectivity index (χ1) is 12.8. The Morgan fingerprint density at radius 3 is 2.28 bits per heavy atom. The number of halogens is 2. The van der Waals surface area contributed by atoms with Crippen LogP contribution in [0.25, 0.3) is 27.1 Å². The second-order valence-corrected chi connectivity index (χ2v) is 9.36. The van der Waals surface area contributed by atoms with E-state index in [9.17, 15) is 0 Å². The Labute approximate surface area is 205 Å². The van der Waals surface area contributed by atoms with E-state index in [1.807, 2.05) is 0 Å². The summed E-state index contributed by atoms with van der Waals surface area (Å²) in [7, 11) is -0.807. The predicted octanol–water partition coefficient (Wildman–Crippen LogP) is -0.700. The normalized spacial score (nSPS) is 12.4. The third-order valence-electron chi connectivity index (χ3n) is 5.50. The standard InChI is InChI=1S/C25H20Si.2ClH.Hf/c1-26(20-12-3-2-4-13-20)24-16-15-22-21-14-8-7-11-19(21)17-23(22)25(24)18-9-5-6-10-18;;;/h2-9,11-17H,10H2,1H3;2*1H;/q-1;;;/p-2. The van der Waals surface area contributed by atoms with E-state index in [1.165, 1.54) is 43.1 Å². The van der Waals surface area contributed by atoms with Crippen molar-refractivity contribution in [2.45, 2.75) is 13.0 Å². The Hall–Kier alpha value is -1.32. The van der Waals surface area contributed by atoms with Crippen LogP contribution in [0.15, 0.2) is 91.0 Å². The summed E-state index contributed by atoms with van der Waals surface area (Å²) >= 11 is 0. The van der Waals surface area contributed by atoms with Crippen molar-refractivity contribution < 1.29 is 50.7 Å². The molecule has 1 radical (unpaired) electrons. The van der Waals surface area contributed by atoms with Gasteiger partial charge >= 0.3 is 0 Å². The van der Waals surface area contributed by atoms with Gasteiger partial charge in [0.25, 0.3) is 0 Å². The minimum Gasteiger partial charge on any atom is -1.00 e.